The van der Waals surface area contributed by atoms with Crippen LogP contribution in [0.1, 0.15) is 19.8 Å². The Morgan fingerprint density at radius 3 is 2.00 bits per heavy atom. The van der Waals surface area contributed by atoms with Crippen molar-refractivity contribution in [1.29, 1.82) is 0 Å². The lowest BCUT2D eigenvalue weighted by molar-refractivity contribution is -0.142. The highest BCUT2D eigenvalue weighted by atomic mass is 33.1. The van der Waals surface area contributed by atoms with E-state index >= 15 is 0 Å². The molecule has 0 aliphatic carbocycles. The lowest BCUT2D eigenvalue weighted by Gasteiger charge is -2.09. The predicted octanol–water partition coefficient (Wildman–Crippen LogP) is 0.565. The number of Topliss-reactive ketones (excluding diaryl/α,β-unsaturated/α-hetero) is 1. The lowest BCUT2D eigenvalue weighted by Crippen LogP contribution is -2.31. The van der Waals surface area contributed by atoms with Crippen LogP contribution in [-0.2, 0) is 14.3 Å². The van der Waals surface area contributed by atoms with Crippen LogP contribution in [0.25, 0.3) is 0 Å². The van der Waals surface area contributed by atoms with E-state index in [4.69, 9.17) is 11.5 Å². The highest BCUT2D eigenvalue weighted by molar-refractivity contribution is 8.76. The quantitative estimate of drug-likeness (QED) is 0.362. The summed E-state index contributed by atoms with van der Waals surface area (Å²) in [5.74, 6) is 1.23. The molecular weight excluding hydrogens is 260 g/mol. The summed E-state index contributed by atoms with van der Waals surface area (Å²) >= 11 is 0. The number of rotatable bonds is 9. The minimum atomic E-state index is -0.549. The lowest BCUT2D eigenvalue weighted by atomic mass is 10.2. The Labute approximate surface area is 110 Å². The highest BCUT2D eigenvalue weighted by Gasteiger charge is 2.13. The van der Waals surface area contributed by atoms with Crippen molar-refractivity contribution in [2.75, 3.05) is 18.6 Å². The number of carbonyl (C=O) groups excluding carboxylic acids is 2. The van der Waals surface area contributed by atoms with Gasteiger partial charge in [-0.1, -0.05) is 21.6 Å². The van der Waals surface area contributed by atoms with Crippen molar-refractivity contribution < 1.29 is 14.3 Å². The topological polar surface area (TPSA) is 95.4 Å². The maximum Gasteiger partial charge on any atom is 0.322 e. The van der Waals surface area contributed by atoms with E-state index in [0.717, 1.165) is 11.5 Å². The van der Waals surface area contributed by atoms with Gasteiger partial charge in [0, 0.05) is 11.5 Å². The van der Waals surface area contributed by atoms with Crippen molar-refractivity contribution in [3.63, 3.8) is 0 Å². The zero-order chi connectivity index (χ0) is 13.3. The number of ketones is 1. The first-order valence-corrected chi connectivity index (χ1v) is 7.81. The van der Waals surface area contributed by atoms with E-state index in [9.17, 15) is 9.59 Å². The Morgan fingerprint density at radius 1 is 1.12 bits per heavy atom. The molecule has 2 atom stereocenters. The van der Waals surface area contributed by atoms with Gasteiger partial charge in [0.05, 0.1) is 13.2 Å². The third kappa shape index (κ3) is 8.48. The first-order valence-electron chi connectivity index (χ1n) is 5.33. The summed E-state index contributed by atoms with van der Waals surface area (Å²) in [5, 5.41) is 0. The van der Waals surface area contributed by atoms with Crippen molar-refractivity contribution in [1.82, 2.24) is 0 Å². The second-order valence-electron chi connectivity index (χ2n) is 3.57. The molecule has 7 heteroatoms. The van der Waals surface area contributed by atoms with Gasteiger partial charge in [-0.2, -0.15) is 0 Å². The van der Waals surface area contributed by atoms with Gasteiger partial charge in [-0.25, -0.2) is 0 Å². The third-order valence-corrected chi connectivity index (χ3v) is 4.61. The van der Waals surface area contributed by atoms with E-state index in [0.29, 0.717) is 12.8 Å². The van der Waals surface area contributed by atoms with E-state index in [1.54, 1.807) is 21.6 Å². The zero-order valence-electron chi connectivity index (χ0n) is 10.2. The van der Waals surface area contributed by atoms with Gasteiger partial charge in [0.1, 0.15) is 11.8 Å². The summed E-state index contributed by atoms with van der Waals surface area (Å²) in [5.41, 5.74) is 11.2. The molecule has 0 bridgehead atoms. The van der Waals surface area contributed by atoms with E-state index in [1.807, 2.05) is 0 Å². The van der Waals surface area contributed by atoms with Crippen LogP contribution in [0, 0.1) is 0 Å². The van der Waals surface area contributed by atoms with Crippen molar-refractivity contribution in [3.05, 3.63) is 0 Å². The second-order valence-corrected chi connectivity index (χ2v) is 6.27. The molecule has 0 heterocycles. The fourth-order valence-electron chi connectivity index (χ4n) is 0.940. The van der Waals surface area contributed by atoms with Crippen LogP contribution in [0.15, 0.2) is 0 Å². The largest absolute Gasteiger partial charge is 0.468 e. The molecular formula is C10H20N2O3S2. The molecule has 0 unspecified atom stereocenters. The minimum Gasteiger partial charge on any atom is -0.468 e. The summed E-state index contributed by atoms with van der Waals surface area (Å²) in [4.78, 5) is 21.8. The Morgan fingerprint density at radius 2 is 1.59 bits per heavy atom. The number of carbonyl (C=O) groups is 2. The minimum absolute atomic E-state index is 0.0170. The van der Waals surface area contributed by atoms with Crippen molar-refractivity contribution in [3.8, 4) is 0 Å². The van der Waals surface area contributed by atoms with Crippen LogP contribution in [0.4, 0.5) is 0 Å². The van der Waals surface area contributed by atoms with E-state index in [-0.39, 0.29) is 17.8 Å². The third-order valence-electron chi connectivity index (χ3n) is 2.13. The molecule has 0 aromatic heterocycles. The molecule has 0 rings (SSSR count). The monoisotopic (exact) mass is 280 g/mol. The summed E-state index contributed by atoms with van der Waals surface area (Å²) in [6.07, 6.45) is 1.26. The van der Waals surface area contributed by atoms with Crippen LogP contribution in [0.5, 0.6) is 0 Å². The average molecular weight is 280 g/mol. The van der Waals surface area contributed by atoms with Crippen LogP contribution >= 0.6 is 21.6 Å². The SMILES string of the molecule is COC(=O)[C@@H](N)CCSSCC[C@@H](N)C(C)=O. The molecule has 0 aliphatic heterocycles. The van der Waals surface area contributed by atoms with Crippen molar-refractivity contribution >= 4 is 33.3 Å². The van der Waals surface area contributed by atoms with Gasteiger partial charge in [0.15, 0.2) is 0 Å². The van der Waals surface area contributed by atoms with Crippen LogP contribution in [0.2, 0.25) is 0 Å². The standard InChI is InChI=1S/C10H20N2O3S2/c1-7(13)8(11)3-5-16-17-6-4-9(12)10(14)15-2/h8-9H,3-6,11-12H2,1-2H3/t8-,9+/m1/s1. The Bertz CT molecular complexity index is 252. The molecule has 0 amide bonds. The van der Waals surface area contributed by atoms with Crippen molar-refractivity contribution in [2.45, 2.75) is 31.8 Å². The molecule has 4 N–H and O–H groups in total. The molecule has 0 aromatic carbocycles. The van der Waals surface area contributed by atoms with Gasteiger partial charge < -0.3 is 16.2 Å². The number of nitrogens with two attached hydrogens (primary N) is 2. The Balaban J connectivity index is 3.41. The van der Waals surface area contributed by atoms with Gasteiger partial charge in [0.2, 0.25) is 0 Å². The van der Waals surface area contributed by atoms with E-state index in [2.05, 4.69) is 4.74 Å². The first-order chi connectivity index (χ1) is 7.99. The molecule has 0 aromatic rings. The number of hydrogen-bond acceptors (Lipinski definition) is 7. The summed E-state index contributed by atoms with van der Waals surface area (Å²) in [6, 6.07) is -0.909. The van der Waals surface area contributed by atoms with Gasteiger partial charge in [-0.05, 0) is 19.8 Å². The predicted molar refractivity (Wildman–Crippen MR) is 72.8 cm³/mol. The molecule has 0 saturated carbocycles. The van der Waals surface area contributed by atoms with Crippen LogP contribution in [0.3, 0.4) is 0 Å². The molecule has 5 nitrogen and oxygen atoms in total. The van der Waals surface area contributed by atoms with E-state index < -0.39 is 6.04 Å². The number of hydrogen-bond donors (Lipinski definition) is 2. The maximum atomic E-state index is 11.0. The molecule has 0 saturated heterocycles. The zero-order valence-corrected chi connectivity index (χ0v) is 11.8. The molecule has 0 radical (unpaired) electrons. The van der Waals surface area contributed by atoms with Gasteiger partial charge in [-0.3, -0.25) is 9.59 Å². The number of ether oxygens (including phenoxy) is 1. The van der Waals surface area contributed by atoms with Gasteiger partial charge in [0.25, 0.3) is 0 Å². The van der Waals surface area contributed by atoms with E-state index in [1.165, 1.54) is 14.0 Å². The first kappa shape index (κ1) is 16.8. The molecule has 17 heavy (non-hydrogen) atoms. The molecule has 0 fully saturated rings. The Kier molecular flexibility index (Phi) is 9.62. The molecule has 100 valence electrons. The summed E-state index contributed by atoms with van der Waals surface area (Å²) in [7, 11) is 4.59. The fourth-order valence-corrected chi connectivity index (χ4v) is 3.16. The average Bonchev–Trinajstić information content (AvgIpc) is 2.31. The summed E-state index contributed by atoms with van der Waals surface area (Å²) in [6.45, 7) is 1.50. The molecule has 0 aliphatic rings. The normalized spacial score (nSPS) is 14.1. The fraction of sp³-hybridized carbons (Fsp3) is 0.800. The van der Waals surface area contributed by atoms with Gasteiger partial charge >= 0.3 is 5.97 Å². The molecule has 0 spiro atoms. The second kappa shape index (κ2) is 9.76. The van der Waals surface area contributed by atoms with Crippen molar-refractivity contribution in [2.24, 2.45) is 11.5 Å². The Hall–Kier alpha value is -0.240. The number of esters is 1. The van der Waals surface area contributed by atoms with Gasteiger partial charge in [-0.15, -0.1) is 0 Å². The van der Waals surface area contributed by atoms with Crippen LogP contribution < -0.4 is 11.5 Å². The maximum absolute atomic E-state index is 11.0. The summed E-state index contributed by atoms with van der Waals surface area (Å²) < 4.78 is 4.51. The highest BCUT2D eigenvalue weighted by Crippen LogP contribution is 2.23. The smallest absolute Gasteiger partial charge is 0.322 e. The number of methoxy groups -OCH3 is 1. The van der Waals surface area contributed by atoms with Crippen LogP contribution in [-0.4, -0.2) is 42.5 Å².